The Morgan fingerprint density at radius 1 is 1.00 bits per heavy atom. The van der Waals surface area contributed by atoms with Crippen LogP contribution < -0.4 is 0 Å². The summed E-state index contributed by atoms with van der Waals surface area (Å²) in [7, 11) is 0. The Balaban J connectivity index is 1.77. The lowest BCUT2D eigenvalue weighted by Gasteiger charge is -2.54. The van der Waals surface area contributed by atoms with Crippen molar-refractivity contribution in [2.45, 2.75) is 65.5 Å². The van der Waals surface area contributed by atoms with E-state index >= 15 is 0 Å². The third kappa shape index (κ3) is 1.50. The van der Waals surface area contributed by atoms with E-state index in [1.165, 1.54) is 12.8 Å². The summed E-state index contributed by atoms with van der Waals surface area (Å²) in [5, 5.41) is 0. The molecule has 0 aromatic rings. The van der Waals surface area contributed by atoms with E-state index in [0.29, 0.717) is 11.3 Å². The molecule has 1 aliphatic heterocycles. The average molecular weight is 262 g/mol. The van der Waals surface area contributed by atoms with E-state index in [9.17, 15) is 0 Å². The zero-order valence-corrected chi connectivity index (χ0v) is 12.8. The minimum atomic E-state index is -0.408. The third-order valence-corrected chi connectivity index (χ3v) is 6.17. The second-order valence-electron chi connectivity index (χ2n) is 8.67. The first kappa shape index (κ1) is 12.4. The molecule has 4 aliphatic carbocycles. The van der Waals surface area contributed by atoms with Gasteiger partial charge in [0.15, 0.2) is 5.79 Å². The van der Waals surface area contributed by atoms with Crippen molar-refractivity contribution in [2.75, 3.05) is 0 Å². The molecular formula is C17H26O2. The second kappa shape index (κ2) is 3.28. The normalized spacial score (nSPS) is 56.2. The van der Waals surface area contributed by atoms with Crippen LogP contribution in [0.2, 0.25) is 0 Å². The highest BCUT2D eigenvalue weighted by Gasteiger charge is 2.66. The fraction of sp³-hybridized carbons (Fsp3) is 0.882. The fourth-order valence-corrected chi connectivity index (χ4v) is 5.49. The Labute approximate surface area is 116 Å². The second-order valence-corrected chi connectivity index (χ2v) is 8.67. The van der Waals surface area contributed by atoms with Crippen molar-refractivity contribution in [3.8, 4) is 0 Å². The highest BCUT2D eigenvalue weighted by atomic mass is 16.8. The van der Waals surface area contributed by atoms with Gasteiger partial charge in [0.25, 0.3) is 0 Å². The lowest BCUT2D eigenvalue weighted by molar-refractivity contribution is -0.154. The monoisotopic (exact) mass is 262 g/mol. The van der Waals surface area contributed by atoms with Gasteiger partial charge in [0.05, 0.1) is 12.2 Å². The molecule has 0 amide bonds. The van der Waals surface area contributed by atoms with Gasteiger partial charge in [-0.3, -0.25) is 0 Å². The standard InChI is InChI=1S/C17H26O2/c1-15(2)8-11-10-6-7-17(5,12(11)9-15)14-13(10)18-16(3,4)19-14/h6-7,10-14H,8-9H2,1-5H3/t10?,11-,12-,13?,14?,17?/m0/s1. The van der Waals surface area contributed by atoms with E-state index in [1.807, 2.05) is 0 Å². The first-order valence-electron chi connectivity index (χ1n) is 7.77. The third-order valence-electron chi connectivity index (χ3n) is 6.17. The number of hydrogen-bond acceptors (Lipinski definition) is 2. The Hall–Kier alpha value is -0.340. The quantitative estimate of drug-likeness (QED) is 0.619. The molecule has 2 saturated carbocycles. The summed E-state index contributed by atoms with van der Waals surface area (Å²) in [6, 6.07) is 0. The summed E-state index contributed by atoms with van der Waals surface area (Å²) in [4.78, 5) is 0. The van der Waals surface area contributed by atoms with Gasteiger partial charge < -0.3 is 9.47 Å². The van der Waals surface area contributed by atoms with Crippen LogP contribution >= 0.6 is 0 Å². The molecule has 5 aliphatic rings. The van der Waals surface area contributed by atoms with E-state index in [0.717, 1.165) is 11.8 Å². The summed E-state index contributed by atoms with van der Waals surface area (Å²) >= 11 is 0. The van der Waals surface area contributed by atoms with Crippen LogP contribution in [0, 0.1) is 28.6 Å². The molecule has 1 saturated heterocycles. The zero-order chi connectivity index (χ0) is 13.6. The fourth-order valence-electron chi connectivity index (χ4n) is 5.49. The van der Waals surface area contributed by atoms with Crippen LogP contribution in [0.15, 0.2) is 12.2 Å². The van der Waals surface area contributed by atoms with Crippen LogP contribution in [-0.4, -0.2) is 18.0 Å². The van der Waals surface area contributed by atoms with Gasteiger partial charge in [-0.2, -0.15) is 0 Å². The molecule has 0 N–H and O–H groups in total. The molecule has 2 nitrogen and oxygen atoms in total. The molecule has 106 valence electrons. The number of rotatable bonds is 0. The molecule has 0 spiro atoms. The molecule has 1 heterocycles. The van der Waals surface area contributed by atoms with E-state index < -0.39 is 5.79 Å². The molecule has 0 radical (unpaired) electrons. The molecule has 6 atom stereocenters. The topological polar surface area (TPSA) is 18.5 Å². The van der Waals surface area contributed by atoms with Crippen LogP contribution in [-0.2, 0) is 9.47 Å². The number of ether oxygens (including phenoxy) is 2. The lowest BCUT2D eigenvalue weighted by Crippen LogP contribution is -2.57. The Morgan fingerprint density at radius 2 is 1.74 bits per heavy atom. The maximum absolute atomic E-state index is 6.29. The largest absolute Gasteiger partial charge is 0.344 e. The first-order valence-corrected chi connectivity index (χ1v) is 7.77. The molecule has 5 rings (SSSR count). The van der Waals surface area contributed by atoms with Crippen molar-refractivity contribution in [3.05, 3.63) is 12.2 Å². The lowest BCUT2D eigenvalue weighted by atomic mass is 9.53. The summed E-state index contributed by atoms with van der Waals surface area (Å²) in [5.74, 6) is 1.73. The zero-order valence-electron chi connectivity index (χ0n) is 12.8. The predicted octanol–water partition coefficient (Wildman–Crippen LogP) is 3.76. The minimum absolute atomic E-state index is 0.172. The molecular weight excluding hydrogens is 236 g/mol. The highest BCUT2D eigenvalue weighted by Crippen LogP contribution is 2.66. The molecule has 2 bridgehead atoms. The Bertz CT molecular complexity index is 416. The van der Waals surface area contributed by atoms with Crippen molar-refractivity contribution in [1.29, 1.82) is 0 Å². The van der Waals surface area contributed by atoms with Gasteiger partial charge in [-0.25, -0.2) is 0 Å². The van der Waals surface area contributed by atoms with E-state index in [-0.39, 0.29) is 17.6 Å². The molecule has 2 heteroatoms. The highest BCUT2D eigenvalue weighted by molar-refractivity contribution is 5.26. The van der Waals surface area contributed by atoms with Crippen LogP contribution in [0.25, 0.3) is 0 Å². The SMILES string of the molecule is CC1(C)C[C@H]2C3C=CC(C)(C4OC(C)(C)OC34)[C@H]2C1. The van der Waals surface area contributed by atoms with Crippen LogP contribution in [0.5, 0.6) is 0 Å². The average Bonchev–Trinajstić information content (AvgIpc) is 2.76. The van der Waals surface area contributed by atoms with Gasteiger partial charge in [0, 0.05) is 11.3 Å². The summed E-state index contributed by atoms with van der Waals surface area (Å²) in [5.41, 5.74) is 0.653. The van der Waals surface area contributed by atoms with Crippen molar-refractivity contribution in [2.24, 2.45) is 28.6 Å². The first-order chi connectivity index (χ1) is 8.72. The summed E-state index contributed by atoms with van der Waals surface area (Å²) < 4.78 is 12.5. The smallest absolute Gasteiger partial charge is 0.163 e. The van der Waals surface area contributed by atoms with Crippen molar-refractivity contribution < 1.29 is 9.47 Å². The molecule has 0 aromatic carbocycles. The van der Waals surface area contributed by atoms with E-state index in [4.69, 9.17) is 9.47 Å². The van der Waals surface area contributed by atoms with Crippen molar-refractivity contribution in [1.82, 2.24) is 0 Å². The van der Waals surface area contributed by atoms with Crippen molar-refractivity contribution in [3.63, 3.8) is 0 Å². The van der Waals surface area contributed by atoms with Gasteiger partial charge in [-0.05, 0) is 43.9 Å². The van der Waals surface area contributed by atoms with Crippen molar-refractivity contribution >= 4 is 0 Å². The van der Waals surface area contributed by atoms with Gasteiger partial charge in [0.2, 0.25) is 0 Å². The van der Waals surface area contributed by atoms with E-state index in [2.05, 4.69) is 46.8 Å². The van der Waals surface area contributed by atoms with Crippen LogP contribution in [0.4, 0.5) is 0 Å². The molecule has 3 fully saturated rings. The molecule has 4 unspecified atom stereocenters. The summed E-state index contributed by atoms with van der Waals surface area (Å²) in [6.45, 7) is 11.4. The predicted molar refractivity (Wildman–Crippen MR) is 74.6 cm³/mol. The maximum atomic E-state index is 6.29. The van der Waals surface area contributed by atoms with Gasteiger partial charge >= 0.3 is 0 Å². The minimum Gasteiger partial charge on any atom is -0.344 e. The maximum Gasteiger partial charge on any atom is 0.163 e. The van der Waals surface area contributed by atoms with Gasteiger partial charge in [-0.15, -0.1) is 0 Å². The Kier molecular flexibility index (Phi) is 2.14. The van der Waals surface area contributed by atoms with Crippen LogP contribution in [0.3, 0.4) is 0 Å². The van der Waals surface area contributed by atoms with Crippen LogP contribution in [0.1, 0.15) is 47.5 Å². The van der Waals surface area contributed by atoms with Gasteiger partial charge in [0.1, 0.15) is 0 Å². The molecule has 19 heavy (non-hydrogen) atoms. The van der Waals surface area contributed by atoms with E-state index in [1.54, 1.807) is 0 Å². The summed E-state index contributed by atoms with van der Waals surface area (Å²) in [6.07, 6.45) is 8.10. The number of hydrogen-bond donors (Lipinski definition) is 0. The Morgan fingerprint density at radius 3 is 2.47 bits per heavy atom. The van der Waals surface area contributed by atoms with Gasteiger partial charge in [-0.1, -0.05) is 32.9 Å². The molecule has 0 aromatic heterocycles.